The second kappa shape index (κ2) is 15.6. The fourth-order valence-electron chi connectivity index (χ4n) is 8.53. The third-order valence-corrected chi connectivity index (χ3v) is 11.3. The van der Waals surface area contributed by atoms with E-state index in [1.165, 1.54) is 49.6 Å². The average Bonchev–Trinajstić information content (AvgIpc) is 3.53. The van der Waals surface area contributed by atoms with Crippen LogP contribution in [0.5, 0.6) is 5.75 Å². The molecule has 3 nitrogen and oxygen atoms in total. The number of rotatable bonds is 9. The fraction of sp³-hybridized carbons (Fsp3) is 0.250. The molecule has 0 saturated carbocycles. The Morgan fingerprint density at radius 3 is 1.36 bits per heavy atom. The summed E-state index contributed by atoms with van der Waals surface area (Å²) in [5.74, 6) is 1.34. The summed E-state index contributed by atoms with van der Waals surface area (Å²) < 4.78 is 8.60. The molecule has 0 aliphatic heterocycles. The zero-order chi connectivity index (χ0) is 41.5. The number of para-hydroxylation sites is 2. The lowest BCUT2D eigenvalue weighted by Crippen LogP contribution is -2.23. The van der Waals surface area contributed by atoms with Gasteiger partial charge in [-0.25, -0.2) is 0 Å². The molecule has 59 heavy (non-hydrogen) atoms. The van der Waals surface area contributed by atoms with Crippen molar-refractivity contribution in [2.24, 2.45) is 10.8 Å². The molecule has 298 valence electrons. The molecule has 0 aliphatic rings. The maximum absolute atomic E-state index is 6.20. The minimum Gasteiger partial charge on any atom is -0.488 e. The van der Waals surface area contributed by atoms with Crippen LogP contribution in [0.4, 0.5) is 17.1 Å². The molecular formula is C56H58N2O. The monoisotopic (exact) mass is 774 g/mol. The number of ether oxygens (including phenoxy) is 1. The van der Waals surface area contributed by atoms with E-state index in [2.05, 4.69) is 242 Å². The van der Waals surface area contributed by atoms with Crippen LogP contribution in [0, 0.1) is 10.8 Å². The molecule has 0 radical (unpaired) electrons. The van der Waals surface area contributed by atoms with Gasteiger partial charge in [0.1, 0.15) is 11.4 Å². The smallest absolute Gasteiger partial charge is 0.120 e. The summed E-state index contributed by atoms with van der Waals surface area (Å²) in [5.41, 5.74) is 13.2. The van der Waals surface area contributed by atoms with E-state index >= 15 is 0 Å². The lowest BCUT2D eigenvalue weighted by atomic mass is 9.69. The van der Waals surface area contributed by atoms with Crippen molar-refractivity contribution in [2.45, 2.75) is 80.3 Å². The van der Waals surface area contributed by atoms with Crippen LogP contribution >= 0.6 is 0 Å². The molecule has 1 aromatic heterocycles. The highest BCUT2D eigenvalue weighted by atomic mass is 16.5. The number of nitrogens with zero attached hydrogens (tertiary/aromatic N) is 2. The standard InChI is InChI=1S/C56H58N2O/c1-54(2,3)38-51(55(4,5)6)41-22-20-39(21-23-41)42-26-34-52-49(36-42)50-37-43(27-35-53(50)58(52)47-30-32-48(33-31-47)59-56(7,8)9)40-24-28-46(29-25-40)57(44-16-12-10-13-17-44)45-18-14-11-15-19-45/h10-37,51H,38H2,1-9H3. The Labute approximate surface area is 351 Å². The van der Waals surface area contributed by atoms with Crippen LogP contribution in [0.25, 0.3) is 49.7 Å². The van der Waals surface area contributed by atoms with Crippen molar-refractivity contribution in [3.05, 3.63) is 175 Å². The molecule has 7 aromatic carbocycles. The van der Waals surface area contributed by atoms with Crippen LogP contribution in [0.15, 0.2) is 170 Å². The van der Waals surface area contributed by atoms with E-state index in [0.29, 0.717) is 5.92 Å². The Bertz CT molecular complexity index is 2630. The first-order valence-electron chi connectivity index (χ1n) is 21.1. The van der Waals surface area contributed by atoms with Gasteiger partial charge < -0.3 is 14.2 Å². The predicted molar refractivity (Wildman–Crippen MR) is 253 cm³/mol. The van der Waals surface area contributed by atoms with Gasteiger partial charge in [-0.2, -0.15) is 0 Å². The SMILES string of the molecule is CC(C)(C)CC(c1ccc(-c2ccc3c(c2)c2cc(-c4ccc(N(c5ccccc5)c5ccccc5)cc4)ccc2n3-c2ccc(OC(C)(C)C)cc2)cc1)C(C)(C)C. The number of anilines is 3. The molecule has 0 amide bonds. The van der Waals surface area contributed by atoms with Gasteiger partial charge in [-0.1, -0.05) is 126 Å². The molecule has 0 N–H and O–H groups in total. The molecule has 8 rings (SSSR count). The van der Waals surface area contributed by atoms with Gasteiger partial charge in [0.15, 0.2) is 0 Å². The highest BCUT2D eigenvalue weighted by molar-refractivity contribution is 6.11. The highest BCUT2D eigenvalue weighted by Gasteiger charge is 2.30. The minimum atomic E-state index is -0.265. The van der Waals surface area contributed by atoms with Crippen molar-refractivity contribution in [2.75, 3.05) is 4.90 Å². The predicted octanol–water partition coefficient (Wildman–Crippen LogP) is 16.3. The molecular weight excluding hydrogens is 717 g/mol. The fourth-order valence-corrected chi connectivity index (χ4v) is 8.53. The van der Waals surface area contributed by atoms with Gasteiger partial charge >= 0.3 is 0 Å². The van der Waals surface area contributed by atoms with Crippen molar-refractivity contribution in [3.63, 3.8) is 0 Å². The molecule has 0 fully saturated rings. The first-order valence-corrected chi connectivity index (χ1v) is 21.1. The van der Waals surface area contributed by atoms with Gasteiger partial charge in [0.2, 0.25) is 0 Å². The molecule has 1 atom stereocenters. The summed E-state index contributed by atoms with van der Waals surface area (Å²) in [4.78, 5) is 2.31. The summed E-state index contributed by atoms with van der Waals surface area (Å²) in [7, 11) is 0. The van der Waals surface area contributed by atoms with Gasteiger partial charge in [0.05, 0.1) is 11.0 Å². The number of fused-ring (bicyclic) bond motifs is 3. The molecule has 8 aromatic rings. The number of hydrogen-bond acceptors (Lipinski definition) is 2. The minimum absolute atomic E-state index is 0.174. The summed E-state index contributed by atoms with van der Waals surface area (Å²) in [5, 5.41) is 2.46. The molecule has 0 aliphatic carbocycles. The normalized spacial score (nSPS) is 12.8. The van der Waals surface area contributed by atoms with E-state index in [-0.39, 0.29) is 16.4 Å². The molecule has 0 saturated heterocycles. The van der Waals surface area contributed by atoms with Crippen LogP contribution in [0.3, 0.4) is 0 Å². The van der Waals surface area contributed by atoms with Crippen molar-refractivity contribution in [1.82, 2.24) is 4.57 Å². The van der Waals surface area contributed by atoms with Gasteiger partial charge in [0, 0.05) is 33.5 Å². The van der Waals surface area contributed by atoms with E-state index < -0.39 is 0 Å². The van der Waals surface area contributed by atoms with E-state index in [9.17, 15) is 0 Å². The van der Waals surface area contributed by atoms with Crippen LogP contribution in [0.2, 0.25) is 0 Å². The van der Waals surface area contributed by atoms with Crippen LogP contribution in [0.1, 0.15) is 80.2 Å². The summed E-state index contributed by atoms with van der Waals surface area (Å²) in [6.07, 6.45) is 1.15. The summed E-state index contributed by atoms with van der Waals surface area (Å²) in [6, 6.07) is 61.9. The third-order valence-electron chi connectivity index (χ3n) is 11.3. The summed E-state index contributed by atoms with van der Waals surface area (Å²) in [6.45, 7) is 20.4. The van der Waals surface area contributed by atoms with Gasteiger partial charge in [-0.15, -0.1) is 0 Å². The number of benzene rings is 7. The Kier molecular flexibility index (Phi) is 10.5. The molecule has 1 heterocycles. The first kappa shape index (κ1) is 39.8. The second-order valence-corrected chi connectivity index (χ2v) is 19.4. The lowest BCUT2D eigenvalue weighted by molar-refractivity contribution is 0.131. The van der Waals surface area contributed by atoms with Gasteiger partial charge in [0.25, 0.3) is 0 Å². The largest absolute Gasteiger partial charge is 0.488 e. The number of hydrogen-bond donors (Lipinski definition) is 0. The molecule has 0 bridgehead atoms. The van der Waals surface area contributed by atoms with E-state index in [1.54, 1.807) is 0 Å². The second-order valence-electron chi connectivity index (χ2n) is 19.4. The van der Waals surface area contributed by atoms with Gasteiger partial charge in [-0.05, 0) is 157 Å². The van der Waals surface area contributed by atoms with Crippen LogP contribution in [-0.2, 0) is 0 Å². The Morgan fingerprint density at radius 2 is 0.915 bits per heavy atom. The Hall–Kier alpha value is -6.06. The zero-order valence-electron chi connectivity index (χ0n) is 36.3. The first-order chi connectivity index (χ1) is 28.1. The topological polar surface area (TPSA) is 17.4 Å². The van der Waals surface area contributed by atoms with Crippen LogP contribution < -0.4 is 9.64 Å². The van der Waals surface area contributed by atoms with Crippen molar-refractivity contribution in [3.8, 4) is 33.7 Å². The Balaban J connectivity index is 1.21. The average molecular weight is 775 g/mol. The van der Waals surface area contributed by atoms with Crippen molar-refractivity contribution >= 4 is 38.9 Å². The molecule has 1 unspecified atom stereocenters. The van der Waals surface area contributed by atoms with Gasteiger partial charge in [-0.3, -0.25) is 0 Å². The third kappa shape index (κ3) is 8.71. The van der Waals surface area contributed by atoms with Crippen LogP contribution in [-0.4, -0.2) is 10.2 Å². The maximum Gasteiger partial charge on any atom is 0.120 e. The molecule has 3 heteroatoms. The Morgan fingerprint density at radius 1 is 0.475 bits per heavy atom. The quantitative estimate of drug-likeness (QED) is 0.145. The van der Waals surface area contributed by atoms with E-state index in [1.807, 2.05) is 0 Å². The molecule has 0 spiro atoms. The maximum atomic E-state index is 6.20. The van der Waals surface area contributed by atoms with Crippen molar-refractivity contribution < 1.29 is 4.74 Å². The van der Waals surface area contributed by atoms with E-state index in [0.717, 1.165) is 34.9 Å². The lowest BCUT2D eigenvalue weighted by Gasteiger charge is -2.36. The summed E-state index contributed by atoms with van der Waals surface area (Å²) >= 11 is 0. The van der Waals surface area contributed by atoms with E-state index in [4.69, 9.17) is 4.74 Å². The van der Waals surface area contributed by atoms with Crippen molar-refractivity contribution in [1.29, 1.82) is 0 Å². The zero-order valence-corrected chi connectivity index (χ0v) is 36.3. The highest BCUT2D eigenvalue weighted by Crippen LogP contribution is 2.44. The number of aromatic nitrogens is 1.